The van der Waals surface area contributed by atoms with E-state index in [0.717, 1.165) is 30.0 Å². The minimum absolute atomic E-state index is 0.266. The van der Waals surface area contributed by atoms with E-state index in [4.69, 9.17) is 9.47 Å². The highest BCUT2D eigenvalue weighted by molar-refractivity contribution is 5.89. The molecule has 2 amide bonds. The van der Waals surface area contributed by atoms with Gasteiger partial charge in [-0.15, -0.1) is 0 Å². The second kappa shape index (κ2) is 10.6. The van der Waals surface area contributed by atoms with Crippen LogP contribution in [0.4, 0.5) is 20.7 Å². The summed E-state index contributed by atoms with van der Waals surface area (Å²) in [5, 5.41) is 5.70. The maximum absolute atomic E-state index is 13.3. The van der Waals surface area contributed by atoms with E-state index < -0.39 is 0 Å². The van der Waals surface area contributed by atoms with E-state index in [1.165, 1.54) is 12.1 Å². The van der Waals surface area contributed by atoms with Crippen LogP contribution in [0.2, 0.25) is 0 Å². The molecule has 0 unspecified atom stereocenters. The molecule has 1 aromatic heterocycles. The molecule has 1 fully saturated rings. The molecular weight excluding hydrogens is 411 g/mol. The van der Waals surface area contributed by atoms with Gasteiger partial charge in [-0.3, -0.25) is 0 Å². The third-order valence-corrected chi connectivity index (χ3v) is 4.98. The van der Waals surface area contributed by atoms with Gasteiger partial charge in [0.15, 0.2) is 0 Å². The van der Waals surface area contributed by atoms with Crippen LogP contribution in [-0.2, 0) is 17.9 Å². The summed E-state index contributed by atoms with van der Waals surface area (Å²) in [4.78, 5) is 19.0. The zero-order chi connectivity index (χ0) is 22.2. The molecule has 0 radical (unpaired) electrons. The van der Waals surface area contributed by atoms with Crippen LogP contribution in [0.25, 0.3) is 0 Å². The number of hydrogen-bond donors (Lipinski definition) is 2. The minimum atomic E-state index is -0.346. The average molecular weight is 436 g/mol. The molecular formula is C24H25FN4O3. The van der Waals surface area contributed by atoms with Crippen LogP contribution in [0.15, 0.2) is 66.9 Å². The number of urea groups is 1. The number of hydrogen-bond acceptors (Lipinski definition) is 5. The van der Waals surface area contributed by atoms with Crippen molar-refractivity contribution in [2.24, 2.45) is 0 Å². The van der Waals surface area contributed by atoms with Gasteiger partial charge in [-0.2, -0.15) is 0 Å². The summed E-state index contributed by atoms with van der Waals surface area (Å²) in [5.74, 6) is 0.995. The normalized spacial score (nSPS) is 13.5. The lowest BCUT2D eigenvalue weighted by Crippen LogP contribution is -2.36. The second-order valence-electron chi connectivity index (χ2n) is 7.38. The number of morpholine rings is 1. The number of rotatable bonds is 7. The predicted molar refractivity (Wildman–Crippen MR) is 120 cm³/mol. The fourth-order valence-electron chi connectivity index (χ4n) is 3.36. The SMILES string of the molecule is O=C(NCc1ccnc(N2CCOCC2)c1)Nc1cccc(COc2cccc(F)c2)c1. The van der Waals surface area contributed by atoms with Crippen molar-refractivity contribution in [1.29, 1.82) is 0 Å². The maximum Gasteiger partial charge on any atom is 0.319 e. The third-order valence-electron chi connectivity index (χ3n) is 4.98. The molecule has 7 nitrogen and oxygen atoms in total. The van der Waals surface area contributed by atoms with Gasteiger partial charge in [0, 0.05) is 37.6 Å². The number of aromatic nitrogens is 1. The zero-order valence-corrected chi connectivity index (χ0v) is 17.6. The molecule has 32 heavy (non-hydrogen) atoms. The first-order chi connectivity index (χ1) is 15.7. The van der Waals surface area contributed by atoms with E-state index in [9.17, 15) is 9.18 Å². The highest BCUT2D eigenvalue weighted by Crippen LogP contribution is 2.17. The molecule has 4 rings (SSSR count). The molecule has 0 atom stereocenters. The van der Waals surface area contributed by atoms with Crippen LogP contribution < -0.4 is 20.3 Å². The first kappa shape index (κ1) is 21.6. The van der Waals surface area contributed by atoms with E-state index in [0.29, 0.717) is 31.2 Å². The van der Waals surface area contributed by atoms with Crippen molar-refractivity contribution in [3.05, 3.63) is 83.8 Å². The molecule has 3 aromatic rings. The van der Waals surface area contributed by atoms with Crippen molar-refractivity contribution in [3.8, 4) is 5.75 Å². The molecule has 2 aromatic carbocycles. The van der Waals surface area contributed by atoms with E-state index in [1.54, 1.807) is 24.4 Å². The average Bonchev–Trinajstić information content (AvgIpc) is 2.83. The number of carbonyl (C=O) groups excluding carboxylic acids is 1. The number of pyridine rings is 1. The first-order valence-electron chi connectivity index (χ1n) is 10.5. The van der Waals surface area contributed by atoms with Gasteiger partial charge in [-0.05, 0) is 47.5 Å². The van der Waals surface area contributed by atoms with Gasteiger partial charge in [0.25, 0.3) is 0 Å². The summed E-state index contributed by atoms with van der Waals surface area (Å²) in [7, 11) is 0. The Kier molecular flexibility index (Phi) is 7.14. The number of amides is 2. The van der Waals surface area contributed by atoms with Gasteiger partial charge in [0.1, 0.15) is 24.0 Å². The van der Waals surface area contributed by atoms with Gasteiger partial charge in [0.2, 0.25) is 0 Å². The molecule has 8 heteroatoms. The Bertz CT molecular complexity index is 1060. The zero-order valence-electron chi connectivity index (χ0n) is 17.6. The van der Waals surface area contributed by atoms with Crippen molar-refractivity contribution < 1.29 is 18.7 Å². The summed E-state index contributed by atoms with van der Waals surface area (Å²) in [6.07, 6.45) is 1.75. The van der Waals surface area contributed by atoms with Crippen molar-refractivity contribution in [2.75, 3.05) is 36.5 Å². The Balaban J connectivity index is 1.28. The molecule has 0 bridgehead atoms. The van der Waals surface area contributed by atoms with E-state index in [2.05, 4.69) is 20.5 Å². The lowest BCUT2D eigenvalue weighted by atomic mass is 10.2. The standard InChI is InChI=1S/C24H25FN4O3/c25-20-4-2-6-22(15-20)32-17-19-3-1-5-21(13-19)28-24(30)27-16-18-7-8-26-23(14-18)29-9-11-31-12-10-29/h1-8,13-15H,9-12,16-17H2,(H2,27,28,30). The molecule has 2 heterocycles. The number of benzene rings is 2. The fraction of sp³-hybridized carbons (Fsp3) is 0.250. The summed E-state index contributed by atoms with van der Waals surface area (Å²) in [5.41, 5.74) is 2.47. The maximum atomic E-state index is 13.3. The van der Waals surface area contributed by atoms with Crippen molar-refractivity contribution >= 4 is 17.5 Å². The first-order valence-corrected chi connectivity index (χ1v) is 10.5. The van der Waals surface area contributed by atoms with Crippen LogP contribution in [-0.4, -0.2) is 37.3 Å². The number of nitrogens with one attached hydrogen (secondary N) is 2. The monoisotopic (exact) mass is 436 g/mol. The highest BCUT2D eigenvalue weighted by atomic mass is 19.1. The Hall–Kier alpha value is -3.65. The van der Waals surface area contributed by atoms with Crippen molar-refractivity contribution in [3.63, 3.8) is 0 Å². The van der Waals surface area contributed by atoms with E-state index in [-0.39, 0.29) is 18.5 Å². The van der Waals surface area contributed by atoms with Gasteiger partial charge >= 0.3 is 6.03 Å². The number of carbonyl (C=O) groups is 1. The summed E-state index contributed by atoms with van der Waals surface area (Å²) < 4.78 is 24.3. The van der Waals surface area contributed by atoms with Gasteiger partial charge in [-0.1, -0.05) is 18.2 Å². The van der Waals surface area contributed by atoms with Gasteiger partial charge in [-0.25, -0.2) is 14.2 Å². The lowest BCUT2D eigenvalue weighted by molar-refractivity contribution is 0.122. The van der Waals surface area contributed by atoms with Crippen LogP contribution in [0, 0.1) is 5.82 Å². The molecule has 2 N–H and O–H groups in total. The Morgan fingerprint density at radius 3 is 2.75 bits per heavy atom. The molecule has 0 aliphatic carbocycles. The van der Waals surface area contributed by atoms with Crippen LogP contribution in [0.5, 0.6) is 5.75 Å². The summed E-state index contributed by atoms with van der Waals surface area (Å²) in [6.45, 7) is 3.65. The Morgan fingerprint density at radius 2 is 1.91 bits per heavy atom. The Morgan fingerprint density at radius 1 is 1.06 bits per heavy atom. The van der Waals surface area contributed by atoms with Crippen LogP contribution >= 0.6 is 0 Å². The molecule has 0 spiro atoms. The second-order valence-corrected chi connectivity index (χ2v) is 7.38. The molecule has 1 aliphatic rings. The topological polar surface area (TPSA) is 75.7 Å². The van der Waals surface area contributed by atoms with E-state index in [1.807, 2.05) is 30.3 Å². The molecule has 1 aliphatic heterocycles. The lowest BCUT2D eigenvalue weighted by Gasteiger charge is -2.28. The van der Waals surface area contributed by atoms with Crippen molar-refractivity contribution in [2.45, 2.75) is 13.2 Å². The highest BCUT2D eigenvalue weighted by Gasteiger charge is 2.13. The summed E-state index contributed by atoms with van der Waals surface area (Å²) >= 11 is 0. The van der Waals surface area contributed by atoms with Crippen LogP contribution in [0.1, 0.15) is 11.1 Å². The van der Waals surface area contributed by atoms with Gasteiger partial charge < -0.3 is 25.0 Å². The molecule has 0 saturated carbocycles. The van der Waals surface area contributed by atoms with Gasteiger partial charge in [0.05, 0.1) is 13.2 Å². The smallest absolute Gasteiger partial charge is 0.319 e. The largest absolute Gasteiger partial charge is 0.489 e. The van der Waals surface area contributed by atoms with E-state index >= 15 is 0 Å². The number of nitrogens with zero attached hydrogens (tertiary/aromatic N) is 2. The predicted octanol–water partition coefficient (Wildman–Crippen LogP) is 3.96. The van der Waals surface area contributed by atoms with Crippen LogP contribution in [0.3, 0.4) is 0 Å². The summed E-state index contributed by atoms with van der Waals surface area (Å²) in [6, 6.07) is 16.9. The minimum Gasteiger partial charge on any atom is -0.489 e. The third kappa shape index (κ3) is 6.18. The molecule has 166 valence electrons. The molecule has 1 saturated heterocycles. The van der Waals surface area contributed by atoms with Crippen molar-refractivity contribution in [1.82, 2.24) is 10.3 Å². The number of ether oxygens (including phenoxy) is 2. The quantitative estimate of drug-likeness (QED) is 0.587. The number of anilines is 2. The fourth-order valence-corrected chi connectivity index (χ4v) is 3.36. The number of halogens is 1. The Labute approximate surface area is 186 Å².